The van der Waals surface area contributed by atoms with E-state index in [2.05, 4.69) is 26.1 Å². The molecular weight excluding hydrogens is 224 g/mol. The number of carbonyl (C=O) groups excluding carboxylic acids is 1. The van der Waals surface area contributed by atoms with Gasteiger partial charge >= 0.3 is 0 Å². The van der Waals surface area contributed by atoms with E-state index >= 15 is 0 Å². The van der Waals surface area contributed by atoms with E-state index in [1.165, 1.54) is 11.3 Å². The first-order chi connectivity index (χ1) is 8.50. The molecule has 1 aromatic rings. The largest absolute Gasteiger partial charge is 0.384 e. The van der Waals surface area contributed by atoms with Crippen LogP contribution in [0.25, 0.3) is 0 Å². The zero-order valence-corrected chi connectivity index (χ0v) is 11.7. The Morgan fingerprint density at radius 3 is 2.72 bits per heavy atom. The minimum Gasteiger partial charge on any atom is -0.384 e. The van der Waals surface area contributed by atoms with Crippen molar-refractivity contribution in [2.24, 2.45) is 5.92 Å². The quantitative estimate of drug-likeness (QED) is 0.889. The molecule has 1 heterocycles. The van der Waals surface area contributed by atoms with Gasteiger partial charge in [-0.2, -0.15) is 0 Å². The van der Waals surface area contributed by atoms with Crippen molar-refractivity contribution in [3.05, 3.63) is 29.3 Å². The lowest BCUT2D eigenvalue weighted by Gasteiger charge is -2.28. The third kappa shape index (κ3) is 2.35. The molecule has 3 nitrogen and oxygen atoms in total. The third-order valence-electron chi connectivity index (χ3n) is 3.96. The molecule has 0 radical (unpaired) electrons. The predicted octanol–water partition coefficient (Wildman–Crippen LogP) is 2.77. The summed E-state index contributed by atoms with van der Waals surface area (Å²) in [6, 6.07) is 6.22. The van der Waals surface area contributed by atoms with Crippen molar-refractivity contribution in [3.8, 4) is 0 Å². The Hall–Kier alpha value is -1.51. The van der Waals surface area contributed by atoms with E-state index in [0.717, 1.165) is 18.5 Å². The van der Waals surface area contributed by atoms with Gasteiger partial charge in [0.15, 0.2) is 0 Å². The molecule has 1 atom stereocenters. The third-order valence-corrected chi connectivity index (χ3v) is 3.96. The molecule has 1 aliphatic heterocycles. The van der Waals surface area contributed by atoms with E-state index < -0.39 is 0 Å². The molecule has 18 heavy (non-hydrogen) atoms. The molecule has 0 aromatic heterocycles. The average Bonchev–Trinajstić information content (AvgIpc) is 2.82. The highest BCUT2D eigenvalue weighted by atomic mass is 16.2. The number of nitrogens with one attached hydrogen (secondary N) is 1. The van der Waals surface area contributed by atoms with Gasteiger partial charge in [0.25, 0.3) is 5.91 Å². The summed E-state index contributed by atoms with van der Waals surface area (Å²) in [6.07, 6.45) is 1.01. The van der Waals surface area contributed by atoms with Crippen molar-refractivity contribution in [2.45, 2.75) is 33.2 Å². The van der Waals surface area contributed by atoms with Crippen LogP contribution in [-0.2, 0) is 6.42 Å². The summed E-state index contributed by atoms with van der Waals surface area (Å²) in [6.45, 7) is 7.35. The molecular formula is C15H22N2O. The Kier molecular flexibility index (Phi) is 3.60. The zero-order chi connectivity index (χ0) is 13.3. The van der Waals surface area contributed by atoms with Crippen molar-refractivity contribution in [1.29, 1.82) is 0 Å². The maximum Gasteiger partial charge on any atom is 0.253 e. The van der Waals surface area contributed by atoms with Crippen LogP contribution in [0.1, 0.15) is 36.7 Å². The fourth-order valence-corrected chi connectivity index (χ4v) is 2.27. The number of anilines is 1. The molecule has 0 saturated carbocycles. The van der Waals surface area contributed by atoms with Crippen LogP contribution in [0.2, 0.25) is 0 Å². The molecule has 1 N–H and O–H groups in total. The molecule has 1 aliphatic rings. The van der Waals surface area contributed by atoms with Crippen molar-refractivity contribution >= 4 is 11.6 Å². The number of rotatable bonds is 3. The van der Waals surface area contributed by atoms with Crippen LogP contribution < -0.4 is 5.32 Å². The zero-order valence-electron chi connectivity index (χ0n) is 11.7. The number of benzene rings is 1. The summed E-state index contributed by atoms with van der Waals surface area (Å²) < 4.78 is 0. The molecule has 1 amide bonds. The molecule has 3 heteroatoms. The van der Waals surface area contributed by atoms with Gasteiger partial charge in [0, 0.05) is 30.9 Å². The molecule has 0 saturated heterocycles. The summed E-state index contributed by atoms with van der Waals surface area (Å²) in [5.41, 5.74) is 3.23. The van der Waals surface area contributed by atoms with Crippen LogP contribution in [-0.4, -0.2) is 30.4 Å². The van der Waals surface area contributed by atoms with Gasteiger partial charge in [0.05, 0.1) is 0 Å². The second kappa shape index (κ2) is 5.01. The minimum atomic E-state index is 0.117. The molecule has 0 aliphatic carbocycles. The maximum absolute atomic E-state index is 12.4. The van der Waals surface area contributed by atoms with E-state index in [-0.39, 0.29) is 11.9 Å². The summed E-state index contributed by atoms with van der Waals surface area (Å²) in [5.74, 6) is 0.584. The van der Waals surface area contributed by atoms with Crippen molar-refractivity contribution in [3.63, 3.8) is 0 Å². The fourth-order valence-electron chi connectivity index (χ4n) is 2.27. The topological polar surface area (TPSA) is 32.3 Å². The minimum absolute atomic E-state index is 0.117. The van der Waals surface area contributed by atoms with Gasteiger partial charge in [-0.3, -0.25) is 4.79 Å². The van der Waals surface area contributed by atoms with Crippen LogP contribution in [0, 0.1) is 5.92 Å². The van der Waals surface area contributed by atoms with Crippen molar-refractivity contribution in [1.82, 2.24) is 4.90 Å². The first kappa shape index (κ1) is 12.9. The molecule has 1 unspecified atom stereocenters. The first-order valence-electron chi connectivity index (χ1n) is 6.64. The monoisotopic (exact) mass is 246 g/mol. The Balaban J connectivity index is 2.19. The highest BCUT2D eigenvalue weighted by Gasteiger charge is 2.21. The lowest BCUT2D eigenvalue weighted by molar-refractivity contribution is 0.0707. The van der Waals surface area contributed by atoms with Gasteiger partial charge < -0.3 is 10.2 Å². The fraction of sp³-hybridized carbons (Fsp3) is 0.533. The molecule has 0 spiro atoms. The molecule has 0 bridgehead atoms. The molecule has 98 valence electrons. The highest BCUT2D eigenvalue weighted by Crippen LogP contribution is 2.24. The number of hydrogen-bond acceptors (Lipinski definition) is 2. The number of hydrogen-bond donors (Lipinski definition) is 1. The maximum atomic E-state index is 12.4. The van der Waals surface area contributed by atoms with Gasteiger partial charge in [0.2, 0.25) is 0 Å². The van der Waals surface area contributed by atoms with E-state index in [1.54, 1.807) is 0 Å². The lowest BCUT2D eigenvalue weighted by atomic mass is 10.0. The van der Waals surface area contributed by atoms with Crippen molar-refractivity contribution < 1.29 is 4.79 Å². The Labute approximate surface area is 109 Å². The van der Waals surface area contributed by atoms with Crippen LogP contribution >= 0.6 is 0 Å². The van der Waals surface area contributed by atoms with E-state index in [4.69, 9.17) is 0 Å². The van der Waals surface area contributed by atoms with Crippen LogP contribution in [0.3, 0.4) is 0 Å². The van der Waals surface area contributed by atoms with Gasteiger partial charge in [-0.25, -0.2) is 0 Å². The average molecular weight is 246 g/mol. The second-order valence-electron chi connectivity index (χ2n) is 5.45. The van der Waals surface area contributed by atoms with Gasteiger partial charge in [-0.05, 0) is 43.0 Å². The van der Waals surface area contributed by atoms with Gasteiger partial charge in [-0.1, -0.05) is 13.8 Å². The Morgan fingerprint density at radius 1 is 1.33 bits per heavy atom. The predicted molar refractivity (Wildman–Crippen MR) is 75.0 cm³/mol. The molecule has 0 fully saturated rings. The normalized spacial score (nSPS) is 15.2. The lowest BCUT2D eigenvalue weighted by Crippen LogP contribution is -2.38. The van der Waals surface area contributed by atoms with Gasteiger partial charge in [0.1, 0.15) is 0 Å². The molecule has 2 rings (SSSR count). The summed E-state index contributed by atoms with van der Waals surface area (Å²) in [4.78, 5) is 14.2. The number of amides is 1. The van der Waals surface area contributed by atoms with E-state index in [0.29, 0.717) is 5.92 Å². The standard InChI is InChI=1S/C15H22N2O/c1-10(2)11(3)17(4)15(18)13-5-6-14-12(9-13)7-8-16-14/h5-6,9-11,16H,7-8H2,1-4H3. The van der Waals surface area contributed by atoms with Crippen LogP contribution in [0.15, 0.2) is 18.2 Å². The summed E-state index contributed by atoms with van der Waals surface area (Å²) >= 11 is 0. The summed E-state index contributed by atoms with van der Waals surface area (Å²) in [5, 5.41) is 3.31. The Morgan fingerprint density at radius 2 is 2.06 bits per heavy atom. The van der Waals surface area contributed by atoms with Crippen LogP contribution in [0.4, 0.5) is 5.69 Å². The first-order valence-corrected chi connectivity index (χ1v) is 6.64. The van der Waals surface area contributed by atoms with E-state index in [9.17, 15) is 4.79 Å². The summed E-state index contributed by atoms with van der Waals surface area (Å²) in [7, 11) is 1.89. The number of carbonyl (C=O) groups is 1. The highest BCUT2D eigenvalue weighted by molar-refractivity contribution is 5.95. The molecule has 1 aromatic carbocycles. The van der Waals surface area contributed by atoms with Gasteiger partial charge in [-0.15, -0.1) is 0 Å². The second-order valence-corrected chi connectivity index (χ2v) is 5.45. The van der Waals surface area contributed by atoms with E-state index in [1.807, 2.05) is 30.1 Å². The number of nitrogens with zero attached hydrogens (tertiary/aromatic N) is 1. The SMILES string of the molecule is CC(C)C(C)N(C)C(=O)c1ccc2c(c1)CCN2. The Bertz CT molecular complexity index is 454. The van der Waals surface area contributed by atoms with Crippen molar-refractivity contribution in [2.75, 3.05) is 18.9 Å². The number of fused-ring (bicyclic) bond motifs is 1. The smallest absolute Gasteiger partial charge is 0.253 e. The van der Waals surface area contributed by atoms with Crippen LogP contribution in [0.5, 0.6) is 0 Å².